The number of nitrogens with zero attached hydrogens (tertiary/aromatic N) is 1. The molecule has 1 aliphatic heterocycles. The van der Waals surface area contributed by atoms with Crippen LogP contribution >= 0.6 is 0 Å². The zero-order valence-electron chi connectivity index (χ0n) is 19.2. The fraction of sp³-hybridized carbons (Fsp3) is 0.435. The molecule has 8 nitrogen and oxygen atoms in total. The smallest absolute Gasteiger partial charge is 0.261 e. The predicted octanol–water partition coefficient (Wildman–Crippen LogP) is 3.49. The fourth-order valence-electron chi connectivity index (χ4n) is 3.93. The summed E-state index contributed by atoms with van der Waals surface area (Å²) in [5.74, 6) is -0.636. The Morgan fingerprint density at radius 1 is 1.03 bits per heavy atom. The topological polar surface area (TPSA) is 113 Å². The molecule has 180 valence electrons. The van der Waals surface area contributed by atoms with Crippen LogP contribution in [0.25, 0.3) is 0 Å². The second kappa shape index (κ2) is 10.2. The van der Waals surface area contributed by atoms with Gasteiger partial charge >= 0.3 is 0 Å². The predicted molar refractivity (Wildman–Crippen MR) is 130 cm³/mol. The van der Waals surface area contributed by atoms with E-state index in [1.165, 1.54) is 28.6 Å². The first-order valence-electron chi connectivity index (χ1n) is 11.0. The normalized spacial score (nSPS) is 17.5. The van der Waals surface area contributed by atoms with Crippen LogP contribution in [0.15, 0.2) is 47.4 Å². The first-order chi connectivity index (χ1) is 15.5. The second-order valence-electron chi connectivity index (χ2n) is 8.40. The standard InChI is InChI=1S/C23H31N3O5S2/c1-4-15-32(28,29)26-14-6-9-19(16-26)23(27)24-20-10-12-21(13-11-20)33(30,31)25-22-17(2)7-5-8-18(22)3/h5,7-8,10-13,19,25H,4,6,9,14-16H2,1-3H3,(H,24,27). The van der Waals surface area contributed by atoms with Crippen molar-refractivity contribution in [2.24, 2.45) is 5.92 Å². The molecule has 2 N–H and O–H groups in total. The molecule has 0 saturated carbocycles. The van der Waals surface area contributed by atoms with E-state index >= 15 is 0 Å². The van der Waals surface area contributed by atoms with Crippen molar-refractivity contribution in [3.63, 3.8) is 0 Å². The molecule has 3 rings (SSSR count). The molecule has 33 heavy (non-hydrogen) atoms. The third-order valence-corrected chi connectivity index (χ3v) is 9.17. The van der Waals surface area contributed by atoms with Crippen LogP contribution in [-0.4, -0.2) is 45.9 Å². The van der Waals surface area contributed by atoms with Gasteiger partial charge in [0, 0.05) is 18.8 Å². The molecule has 0 spiro atoms. The van der Waals surface area contributed by atoms with Crippen molar-refractivity contribution in [1.82, 2.24) is 4.31 Å². The summed E-state index contributed by atoms with van der Waals surface area (Å²) in [7, 11) is -7.14. The minimum absolute atomic E-state index is 0.0767. The van der Waals surface area contributed by atoms with Crippen LogP contribution in [0.5, 0.6) is 0 Å². The van der Waals surface area contributed by atoms with Crippen LogP contribution in [0.3, 0.4) is 0 Å². The SMILES string of the molecule is CCCS(=O)(=O)N1CCCC(C(=O)Nc2ccc(S(=O)(=O)Nc3c(C)cccc3C)cc2)C1. The highest BCUT2D eigenvalue weighted by Gasteiger charge is 2.31. The minimum Gasteiger partial charge on any atom is -0.326 e. The number of carbonyl (C=O) groups excluding carboxylic acids is 1. The molecule has 0 bridgehead atoms. The molecule has 0 radical (unpaired) electrons. The van der Waals surface area contributed by atoms with Gasteiger partial charge in [0.25, 0.3) is 10.0 Å². The zero-order valence-corrected chi connectivity index (χ0v) is 20.8. The number of piperidine rings is 1. The van der Waals surface area contributed by atoms with E-state index in [1.54, 1.807) is 0 Å². The molecule has 2 aromatic rings. The van der Waals surface area contributed by atoms with Gasteiger partial charge < -0.3 is 5.32 Å². The summed E-state index contributed by atoms with van der Waals surface area (Å²) in [6, 6.07) is 11.5. The number of hydrogen-bond donors (Lipinski definition) is 2. The van der Waals surface area contributed by atoms with E-state index < -0.39 is 26.0 Å². The Balaban J connectivity index is 1.67. The molecule has 0 aromatic heterocycles. The molecule has 1 fully saturated rings. The molecular weight excluding hydrogens is 462 g/mol. The van der Waals surface area contributed by atoms with Crippen molar-refractivity contribution in [2.75, 3.05) is 28.9 Å². The maximum Gasteiger partial charge on any atom is 0.261 e. The van der Waals surface area contributed by atoms with Crippen molar-refractivity contribution in [3.8, 4) is 0 Å². The second-order valence-corrected chi connectivity index (χ2v) is 12.2. The average Bonchev–Trinajstić information content (AvgIpc) is 2.77. The van der Waals surface area contributed by atoms with Crippen molar-refractivity contribution in [3.05, 3.63) is 53.6 Å². The van der Waals surface area contributed by atoms with E-state index in [0.29, 0.717) is 37.2 Å². The Bertz CT molecular complexity index is 1190. The number of rotatable bonds is 8. The van der Waals surface area contributed by atoms with Crippen LogP contribution in [-0.2, 0) is 24.8 Å². The van der Waals surface area contributed by atoms with E-state index in [2.05, 4.69) is 10.0 Å². The summed E-state index contributed by atoms with van der Waals surface area (Å²) in [6.07, 6.45) is 1.77. The van der Waals surface area contributed by atoms with E-state index in [4.69, 9.17) is 0 Å². The maximum absolute atomic E-state index is 12.8. The van der Waals surface area contributed by atoms with Crippen molar-refractivity contribution >= 4 is 37.3 Å². The van der Waals surface area contributed by atoms with Gasteiger partial charge in [-0.05, 0) is 68.5 Å². The van der Waals surface area contributed by atoms with E-state index in [9.17, 15) is 21.6 Å². The number of nitrogens with one attached hydrogen (secondary N) is 2. The third-order valence-electron chi connectivity index (χ3n) is 5.76. The van der Waals surface area contributed by atoms with E-state index in [-0.39, 0.29) is 23.1 Å². The number of carbonyl (C=O) groups is 1. The highest BCUT2D eigenvalue weighted by atomic mass is 32.2. The number of sulfonamides is 2. The van der Waals surface area contributed by atoms with Gasteiger partial charge in [0.1, 0.15) is 0 Å². The monoisotopic (exact) mass is 493 g/mol. The third kappa shape index (κ3) is 6.13. The largest absolute Gasteiger partial charge is 0.326 e. The number of para-hydroxylation sites is 1. The lowest BCUT2D eigenvalue weighted by Crippen LogP contribution is -2.44. The van der Waals surface area contributed by atoms with Gasteiger partial charge in [-0.1, -0.05) is 25.1 Å². The number of hydrogen-bond acceptors (Lipinski definition) is 5. The molecule has 1 saturated heterocycles. The van der Waals surface area contributed by atoms with Crippen LogP contribution in [0.4, 0.5) is 11.4 Å². The Morgan fingerprint density at radius 2 is 1.67 bits per heavy atom. The Morgan fingerprint density at radius 3 is 2.27 bits per heavy atom. The van der Waals surface area contributed by atoms with Gasteiger partial charge in [-0.25, -0.2) is 21.1 Å². The molecule has 10 heteroatoms. The minimum atomic E-state index is -3.79. The molecule has 1 heterocycles. The lowest BCUT2D eigenvalue weighted by molar-refractivity contribution is -0.120. The summed E-state index contributed by atoms with van der Waals surface area (Å²) in [4.78, 5) is 12.8. The summed E-state index contributed by atoms with van der Waals surface area (Å²) >= 11 is 0. The Hall–Kier alpha value is -2.43. The molecule has 0 aliphatic carbocycles. The summed E-state index contributed by atoms with van der Waals surface area (Å²) in [6.45, 7) is 6.09. The van der Waals surface area contributed by atoms with Gasteiger partial charge in [0.15, 0.2) is 0 Å². The summed E-state index contributed by atoms with van der Waals surface area (Å²) in [5.41, 5.74) is 2.66. The molecular formula is C23H31N3O5S2. The number of benzene rings is 2. The van der Waals surface area contributed by atoms with Crippen LogP contribution in [0, 0.1) is 19.8 Å². The highest BCUT2D eigenvalue weighted by Crippen LogP contribution is 2.25. The molecule has 2 aromatic carbocycles. The Kier molecular flexibility index (Phi) is 7.81. The highest BCUT2D eigenvalue weighted by molar-refractivity contribution is 7.92. The quantitative estimate of drug-likeness (QED) is 0.584. The lowest BCUT2D eigenvalue weighted by Gasteiger charge is -2.31. The zero-order chi connectivity index (χ0) is 24.2. The first kappa shape index (κ1) is 25.2. The molecule has 1 atom stereocenters. The van der Waals surface area contributed by atoms with Gasteiger partial charge in [-0.15, -0.1) is 0 Å². The van der Waals surface area contributed by atoms with Gasteiger partial charge in [0.05, 0.1) is 22.3 Å². The summed E-state index contributed by atoms with van der Waals surface area (Å²) < 4.78 is 54.4. The first-order valence-corrected chi connectivity index (χ1v) is 14.1. The van der Waals surface area contributed by atoms with E-state index in [1.807, 2.05) is 39.0 Å². The fourth-order valence-corrected chi connectivity index (χ4v) is 6.72. The van der Waals surface area contributed by atoms with Crippen LogP contribution < -0.4 is 10.0 Å². The van der Waals surface area contributed by atoms with Crippen molar-refractivity contribution in [1.29, 1.82) is 0 Å². The van der Waals surface area contributed by atoms with E-state index in [0.717, 1.165) is 11.1 Å². The van der Waals surface area contributed by atoms with Gasteiger partial charge in [-0.2, -0.15) is 0 Å². The number of anilines is 2. The summed E-state index contributed by atoms with van der Waals surface area (Å²) in [5, 5.41) is 2.79. The van der Waals surface area contributed by atoms with Gasteiger partial charge in [-0.3, -0.25) is 9.52 Å². The Labute approximate surface area is 196 Å². The van der Waals surface area contributed by atoms with Crippen molar-refractivity contribution < 1.29 is 21.6 Å². The average molecular weight is 494 g/mol. The van der Waals surface area contributed by atoms with Crippen LogP contribution in [0.1, 0.15) is 37.3 Å². The lowest BCUT2D eigenvalue weighted by atomic mass is 9.99. The van der Waals surface area contributed by atoms with Gasteiger partial charge in [0.2, 0.25) is 15.9 Å². The van der Waals surface area contributed by atoms with Crippen molar-refractivity contribution in [2.45, 2.75) is 44.9 Å². The number of aryl methyl sites for hydroxylation is 2. The molecule has 1 amide bonds. The number of amides is 1. The molecule has 1 aliphatic rings. The van der Waals surface area contributed by atoms with Crippen LogP contribution in [0.2, 0.25) is 0 Å². The molecule has 1 unspecified atom stereocenters. The maximum atomic E-state index is 12.8.